The molecular weight excluding hydrogens is 512 g/mol. The highest BCUT2D eigenvalue weighted by molar-refractivity contribution is 5.81. The van der Waals surface area contributed by atoms with Gasteiger partial charge in [0, 0.05) is 56.5 Å². The van der Waals surface area contributed by atoms with Crippen LogP contribution in [0, 0.1) is 37.5 Å². The Labute approximate surface area is 237 Å². The van der Waals surface area contributed by atoms with Crippen molar-refractivity contribution in [3.8, 4) is 0 Å². The van der Waals surface area contributed by atoms with Gasteiger partial charge < -0.3 is 24.0 Å². The van der Waals surface area contributed by atoms with Gasteiger partial charge in [-0.1, -0.05) is 26.0 Å². The zero-order valence-corrected chi connectivity index (χ0v) is 24.5. The van der Waals surface area contributed by atoms with Crippen LogP contribution in [0.25, 0.3) is 0 Å². The number of esters is 1. The first-order valence-electron chi connectivity index (χ1n) is 15.1. The van der Waals surface area contributed by atoms with Crippen molar-refractivity contribution in [1.29, 1.82) is 0 Å². The fourth-order valence-electron chi connectivity index (χ4n) is 7.82. The van der Waals surface area contributed by atoms with Crippen molar-refractivity contribution in [2.24, 2.45) is 23.7 Å². The number of amides is 1. The highest BCUT2D eigenvalue weighted by atomic mass is 17.3. The molecule has 7 rings (SSSR count). The molecule has 1 aromatic rings. The summed E-state index contributed by atoms with van der Waals surface area (Å²) in [6.07, 6.45) is 2.46. The zero-order valence-electron chi connectivity index (χ0n) is 24.5. The Bertz CT molecular complexity index is 1140. The summed E-state index contributed by atoms with van der Waals surface area (Å²) in [5.74, 6) is -0.579. The molecule has 1 aliphatic carbocycles. The molecule has 9 nitrogen and oxygen atoms in total. The van der Waals surface area contributed by atoms with Gasteiger partial charge >= 0.3 is 5.97 Å². The molecule has 8 atom stereocenters. The highest BCUT2D eigenvalue weighted by Gasteiger charge is 2.69. The number of hydrogen-bond acceptors (Lipinski definition) is 8. The maximum atomic E-state index is 13.0. The van der Waals surface area contributed by atoms with E-state index in [1.54, 1.807) is 0 Å². The average Bonchev–Trinajstić information content (AvgIpc) is 3.17. The number of aryl methyl sites for hydroxylation is 2. The Morgan fingerprint density at radius 3 is 2.55 bits per heavy atom. The summed E-state index contributed by atoms with van der Waals surface area (Å²) in [5, 5.41) is 0. The number of fused-ring (bicyclic) bond motifs is 2. The molecule has 0 aromatic heterocycles. The van der Waals surface area contributed by atoms with E-state index in [0.29, 0.717) is 19.0 Å². The van der Waals surface area contributed by atoms with E-state index < -0.39 is 29.9 Å². The van der Waals surface area contributed by atoms with Gasteiger partial charge in [-0.2, -0.15) is 0 Å². The molecule has 1 spiro atoms. The molecule has 0 radical (unpaired) electrons. The molecule has 5 saturated heterocycles. The molecule has 0 N–H and O–H groups in total. The van der Waals surface area contributed by atoms with Gasteiger partial charge in [0.05, 0.1) is 6.42 Å². The Balaban J connectivity index is 1.04. The number of hydrogen-bond donors (Lipinski definition) is 0. The Morgan fingerprint density at radius 1 is 1.00 bits per heavy atom. The molecule has 1 saturated carbocycles. The van der Waals surface area contributed by atoms with Gasteiger partial charge in [0.2, 0.25) is 18.0 Å². The van der Waals surface area contributed by atoms with Crippen LogP contribution in [0.2, 0.25) is 0 Å². The Morgan fingerprint density at radius 2 is 1.77 bits per heavy atom. The van der Waals surface area contributed by atoms with Crippen LogP contribution in [0.15, 0.2) is 18.2 Å². The van der Waals surface area contributed by atoms with E-state index in [-0.39, 0.29) is 36.5 Å². The van der Waals surface area contributed by atoms with Crippen molar-refractivity contribution in [2.75, 3.05) is 31.1 Å². The predicted octanol–water partition coefficient (Wildman–Crippen LogP) is 4.48. The first-order valence-corrected chi connectivity index (χ1v) is 15.1. The molecule has 220 valence electrons. The number of anilines is 1. The largest absolute Gasteiger partial charge is 0.435 e. The van der Waals surface area contributed by atoms with E-state index in [4.69, 9.17) is 24.0 Å². The molecule has 6 aliphatic rings. The number of benzene rings is 1. The minimum atomic E-state index is -0.874. The Kier molecular flexibility index (Phi) is 7.38. The minimum absolute atomic E-state index is 0.0128. The molecule has 9 heteroatoms. The van der Waals surface area contributed by atoms with Gasteiger partial charge in [0.25, 0.3) is 0 Å². The maximum Gasteiger partial charge on any atom is 0.308 e. The van der Waals surface area contributed by atoms with Crippen LogP contribution in [0.5, 0.6) is 0 Å². The first kappa shape index (κ1) is 27.9. The SMILES string of the molecule is Cc1ccc(C)c(N2CCN(C(=O)CCC(=O)O[C@@H]3O[C@@H]4O[C@@]5(C)CC[C@H]6[C@H](C)CC[C@H]([C@H]3C)[C@@]46OO5)CC2)c1. The van der Waals surface area contributed by atoms with E-state index in [9.17, 15) is 9.59 Å². The zero-order chi connectivity index (χ0) is 28.2. The van der Waals surface area contributed by atoms with E-state index >= 15 is 0 Å². The van der Waals surface area contributed by atoms with Crippen LogP contribution in [0.1, 0.15) is 70.4 Å². The fourth-order valence-corrected chi connectivity index (χ4v) is 7.82. The molecule has 5 aliphatic heterocycles. The van der Waals surface area contributed by atoms with Crippen LogP contribution in [0.3, 0.4) is 0 Å². The molecule has 6 fully saturated rings. The lowest BCUT2D eigenvalue weighted by atomic mass is 9.58. The molecule has 2 bridgehead atoms. The lowest BCUT2D eigenvalue weighted by Crippen LogP contribution is -2.70. The summed E-state index contributed by atoms with van der Waals surface area (Å²) >= 11 is 0. The van der Waals surface area contributed by atoms with Gasteiger partial charge in [0.15, 0.2) is 11.9 Å². The summed E-state index contributed by atoms with van der Waals surface area (Å²) in [7, 11) is 0. The van der Waals surface area contributed by atoms with Crippen LogP contribution >= 0.6 is 0 Å². The fraction of sp³-hybridized carbons (Fsp3) is 0.742. The summed E-state index contributed by atoms with van der Waals surface area (Å²) in [6.45, 7) is 13.3. The summed E-state index contributed by atoms with van der Waals surface area (Å²) in [5.41, 5.74) is 3.02. The second-order valence-corrected chi connectivity index (χ2v) is 12.9. The first-order chi connectivity index (χ1) is 19.1. The number of rotatable bonds is 5. The highest BCUT2D eigenvalue weighted by Crippen LogP contribution is 2.60. The van der Waals surface area contributed by atoms with Crippen molar-refractivity contribution in [1.82, 2.24) is 4.90 Å². The number of carbonyl (C=O) groups excluding carboxylic acids is 2. The summed E-state index contributed by atoms with van der Waals surface area (Å²) in [4.78, 5) is 42.1. The Hall–Kier alpha value is -2.20. The van der Waals surface area contributed by atoms with Gasteiger partial charge in [-0.3, -0.25) is 9.59 Å². The third kappa shape index (κ3) is 4.82. The second-order valence-electron chi connectivity index (χ2n) is 12.9. The maximum absolute atomic E-state index is 13.0. The summed E-state index contributed by atoms with van der Waals surface area (Å²) in [6, 6.07) is 6.47. The molecular formula is C31H44N2O7. The third-order valence-electron chi connectivity index (χ3n) is 10.2. The lowest BCUT2D eigenvalue weighted by Gasteiger charge is -2.59. The van der Waals surface area contributed by atoms with Gasteiger partial charge in [-0.15, -0.1) is 0 Å². The van der Waals surface area contributed by atoms with Crippen LogP contribution in [0.4, 0.5) is 5.69 Å². The van der Waals surface area contributed by atoms with E-state index in [2.05, 4.69) is 50.8 Å². The molecule has 5 heterocycles. The normalized spacial score (nSPS) is 38.9. The smallest absolute Gasteiger partial charge is 0.308 e. The van der Waals surface area contributed by atoms with E-state index in [1.807, 2.05) is 11.8 Å². The predicted molar refractivity (Wildman–Crippen MR) is 147 cm³/mol. The molecule has 40 heavy (non-hydrogen) atoms. The second kappa shape index (κ2) is 10.6. The average molecular weight is 557 g/mol. The molecule has 0 unspecified atom stereocenters. The monoisotopic (exact) mass is 556 g/mol. The van der Waals surface area contributed by atoms with Crippen LogP contribution < -0.4 is 4.90 Å². The van der Waals surface area contributed by atoms with Crippen molar-refractivity contribution < 1.29 is 33.6 Å². The standard InChI is InChI=1S/C31H44N2O7/c1-19-6-7-21(3)25(18-19)32-14-16-33(17-15-32)26(34)10-11-27(35)36-28-22(4)24-9-8-20(2)23-12-13-30(5)38-29(37-28)31(23,24)40-39-30/h6-7,18,20,22-24,28-29H,8-17H2,1-5H3/t20-,22-,23+,24-,28-,29-,30-,31-/m1/s1. The minimum Gasteiger partial charge on any atom is -0.435 e. The lowest BCUT2D eigenvalue weighted by molar-refractivity contribution is -0.576. The van der Waals surface area contributed by atoms with Gasteiger partial charge in [-0.05, 0) is 69.1 Å². The topological polar surface area (TPSA) is 86.8 Å². The van der Waals surface area contributed by atoms with Gasteiger partial charge in [0.1, 0.15) is 0 Å². The van der Waals surface area contributed by atoms with Crippen molar-refractivity contribution in [3.05, 3.63) is 29.3 Å². The van der Waals surface area contributed by atoms with Crippen molar-refractivity contribution in [3.63, 3.8) is 0 Å². The summed E-state index contributed by atoms with van der Waals surface area (Å²) < 4.78 is 18.6. The van der Waals surface area contributed by atoms with Crippen molar-refractivity contribution >= 4 is 17.6 Å². The quantitative estimate of drug-likeness (QED) is 0.388. The third-order valence-corrected chi connectivity index (χ3v) is 10.2. The van der Waals surface area contributed by atoms with Gasteiger partial charge in [-0.25, -0.2) is 9.78 Å². The number of carbonyl (C=O) groups is 2. The molecule has 1 aromatic carbocycles. The van der Waals surface area contributed by atoms with Crippen LogP contribution in [-0.4, -0.2) is 66.9 Å². The molecule has 1 amide bonds. The van der Waals surface area contributed by atoms with Crippen molar-refractivity contribution in [2.45, 2.75) is 97.1 Å². The van der Waals surface area contributed by atoms with E-state index in [1.165, 1.54) is 16.8 Å². The van der Waals surface area contributed by atoms with Crippen LogP contribution in [-0.2, 0) is 33.6 Å². The number of piperazine rings is 1. The number of ether oxygens (including phenoxy) is 3. The van der Waals surface area contributed by atoms with E-state index in [0.717, 1.165) is 38.8 Å². The number of nitrogens with zero attached hydrogens (tertiary/aromatic N) is 2.